The van der Waals surface area contributed by atoms with Crippen LogP contribution in [0.1, 0.15) is 57.4 Å². The highest BCUT2D eigenvalue weighted by Gasteiger charge is 2.36. The van der Waals surface area contributed by atoms with Gasteiger partial charge in [0.2, 0.25) is 0 Å². The largest absolute Gasteiger partial charge is 0.289 e. The van der Waals surface area contributed by atoms with Gasteiger partial charge in [-0.2, -0.15) is 0 Å². The van der Waals surface area contributed by atoms with Crippen molar-refractivity contribution in [1.29, 1.82) is 0 Å². The number of hydrogen-bond acceptors (Lipinski definition) is 5. The first-order chi connectivity index (χ1) is 12.3. The molecule has 4 rings (SSSR count). The highest BCUT2D eigenvalue weighted by atomic mass is 127. The van der Waals surface area contributed by atoms with E-state index in [1.165, 1.54) is 43.4 Å². The molecule has 0 N–H and O–H groups in total. The average Bonchev–Trinajstić information content (AvgIpc) is 3.01. The van der Waals surface area contributed by atoms with Crippen molar-refractivity contribution in [1.82, 2.24) is 8.01 Å². The van der Waals surface area contributed by atoms with E-state index >= 15 is 0 Å². The molecule has 2 aliphatic heterocycles. The normalized spacial score (nSPS) is 15.6. The maximum absolute atomic E-state index is 12.8. The summed E-state index contributed by atoms with van der Waals surface area (Å²) in [4.78, 5) is 61.8. The Hall–Kier alpha value is -2.88. The minimum Gasteiger partial charge on any atom is -0.289 e. The highest BCUT2D eigenvalue weighted by Crippen LogP contribution is 2.28. The van der Waals surface area contributed by atoms with Crippen molar-refractivity contribution in [3.63, 3.8) is 0 Å². The van der Waals surface area contributed by atoms with Crippen LogP contribution in [0, 0.1) is 0 Å². The number of nitrogens with zero attached hydrogens (tertiary/aromatic N) is 2. The van der Waals surface area contributed by atoms with Crippen LogP contribution in [0.5, 0.6) is 0 Å². The molecule has 0 bridgehead atoms. The van der Waals surface area contributed by atoms with Gasteiger partial charge in [-0.1, -0.05) is 12.1 Å². The molecule has 0 unspecified atom stereocenters. The van der Waals surface area contributed by atoms with Crippen molar-refractivity contribution in [2.75, 3.05) is 7.05 Å². The molecule has 26 heavy (non-hydrogen) atoms. The van der Waals surface area contributed by atoms with Crippen LogP contribution in [0.15, 0.2) is 36.4 Å². The summed E-state index contributed by atoms with van der Waals surface area (Å²) in [5, 5.41) is 0. The van der Waals surface area contributed by atoms with Crippen molar-refractivity contribution >= 4 is 52.3 Å². The molecule has 0 saturated carbocycles. The lowest BCUT2D eigenvalue weighted by molar-refractivity contribution is 0.0690. The topological polar surface area (TPSA) is 91.8 Å². The van der Waals surface area contributed by atoms with Crippen LogP contribution in [0.3, 0.4) is 0 Å². The summed E-state index contributed by atoms with van der Waals surface area (Å²) in [5.74, 6) is -2.17. The molecule has 0 radical (unpaired) electrons. The summed E-state index contributed by atoms with van der Waals surface area (Å²) in [7, 11) is 1.38. The molecule has 7 nitrogen and oxygen atoms in total. The van der Waals surface area contributed by atoms with Gasteiger partial charge in [0.15, 0.2) is 5.78 Å². The molecule has 0 fully saturated rings. The summed E-state index contributed by atoms with van der Waals surface area (Å²) < 4.78 is 0.964. The Kier molecular flexibility index (Phi) is 3.55. The summed E-state index contributed by atoms with van der Waals surface area (Å²) in [6, 6.07) is 8.58. The van der Waals surface area contributed by atoms with Crippen LogP contribution in [0.2, 0.25) is 0 Å². The molecule has 2 aromatic carbocycles. The second-order valence-electron chi connectivity index (χ2n) is 5.91. The van der Waals surface area contributed by atoms with Crippen molar-refractivity contribution < 1.29 is 24.0 Å². The Morgan fingerprint density at radius 3 is 1.73 bits per heavy atom. The second-order valence-corrected chi connectivity index (χ2v) is 6.88. The standard InChI is InChI=1S/C18H9IN2O5/c1-20-15(23)10-4-2-8(6-12(10)16(20)24)14(22)9-3-5-11-13(7-9)18(26)21(19)17(11)25/h2-7H,1H3. The average molecular weight is 460 g/mol. The Morgan fingerprint density at radius 2 is 1.15 bits per heavy atom. The third-order valence-corrected chi connectivity index (χ3v) is 5.33. The molecule has 0 aliphatic carbocycles. The van der Waals surface area contributed by atoms with E-state index in [-0.39, 0.29) is 33.4 Å². The van der Waals surface area contributed by atoms with Gasteiger partial charge in [-0.3, -0.25) is 28.9 Å². The Bertz CT molecular complexity index is 992. The van der Waals surface area contributed by atoms with Crippen LogP contribution in [0.4, 0.5) is 0 Å². The summed E-state index contributed by atoms with van der Waals surface area (Å²) in [6.07, 6.45) is 0. The number of carbonyl (C=O) groups is 5. The SMILES string of the molecule is CN1C(=O)c2ccc(C(=O)c3ccc4c(c3)C(=O)N(I)C4=O)cc2C1=O. The minimum atomic E-state index is -0.475. The highest BCUT2D eigenvalue weighted by molar-refractivity contribution is 14.1. The van der Waals surface area contributed by atoms with Crippen LogP contribution >= 0.6 is 22.9 Å². The lowest BCUT2D eigenvalue weighted by Gasteiger charge is -2.04. The van der Waals surface area contributed by atoms with Crippen molar-refractivity contribution in [3.05, 3.63) is 69.8 Å². The van der Waals surface area contributed by atoms with Crippen molar-refractivity contribution in [3.8, 4) is 0 Å². The van der Waals surface area contributed by atoms with Gasteiger partial charge in [0.25, 0.3) is 23.6 Å². The predicted octanol–water partition coefficient (Wildman–Crippen LogP) is 2.09. The van der Waals surface area contributed by atoms with Gasteiger partial charge in [-0.15, -0.1) is 0 Å². The third kappa shape index (κ3) is 2.15. The van der Waals surface area contributed by atoms with Crippen LogP contribution in [-0.4, -0.2) is 44.5 Å². The van der Waals surface area contributed by atoms with Crippen molar-refractivity contribution in [2.24, 2.45) is 0 Å². The molecule has 128 valence electrons. The molecule has 0 aromatic heterocycles. The summed E-state index contributed by atoms with van der Waals surface area (Å²) >= 11 is 1.62. The number of fused-ring (bicyclic) bond motifs is 2. The maximum Gasteiger partial charge on any atom is 0.270 e. The van der Waals surface area contributed by atoms with E-state index in [1.54, 1.807) is 22.9 Å². The minimum absolute atomic E-state index is 0.169. The zero-order valence-electron chi connectivity index (χ0n) is 13.3. The fourth-order valence-corrected chi connectivity index (χ4v) is 3.54. The van der Waals surface area contributed by atoms with Crippen molar-refractivity contribution in [2.45, 2.75) is 0 Å². The fraction of sp³-hybridized carbons (Fsp3) is 0.0556. The number of benzene rings is 2. The lowest BCUT2D eigenvalue weighted by atomic mass is 9.96. The van der Waals surface area contributed by atoms with Crippen LogP contribution in [0.25, 0.3) is 0 Å². The number of rotatable bonds is 2. The number of hydrogen-bond donors (Lipinski definition) is 0. The Balaban J connectivity index is 1.75. The Labute approximate surface area is 161 Å². The van der Waals surface area contributed by atoms with E-state index in [4.69, 9.17) is 0 Å². The van der Waals surface area contributed by atoms with Gasteiger partial charge in [0.05, 0.1) is 45.1 Å². The molecule has 0 atom stereocenters. The zero-order valence-corrected chi connectivity index (χ0v) is 15.4. The van der Waals surface area contributed by atoms with Crippen LogP contribution in [-0.2, 0) is 0 Å². The zero-order chi connectivity index (χ0) is 18.7. The van der Waals surface area contributed by atoms with Crippen LogP contribution < -0.4 is 0 Å². The molecule has 2 aliphatic rings. The molecular weight excluding hydrogens is 451 g/mol. The number of ketones is 1. The summed E-state index contributed by atoms with van der Waals surface area (Å²) in [5.41, 5.74) is 1.29. The van der Waals surface area contributed by atoms with Gasteiger partial charge in [-0.05, 0) is 24.3 Å². The Morgan fingerprint density at radius 1 is 0.731 bits per heavy atom. The molecule has 0 spiro atoms. The first-order valence-electron chi connectivity index (χ1n) is 7.51. The predicted molar refractivity (Wildman–Crippen MR) is 97.3 cm³/mol. The van der Waals surface area contributed by atoms with Gasteiger partial charge in [0.1, 0.15) is 0 Å². The lowest BCUT2D eigenvalue weighted by Crippen LogP contribution is -2.24. The monoisotopic (exact) mass is 460 g/mol. The van der Waals surface area contributed by atoms with E-state index in [9.17, 15) is 24.0 Å². The first-order valence-corrected chi connectivity index (χ1v) is 8.47. The van der Waals surface area contributed by atoms with Gasteiger partial charge in [0, 0.05) is 18.2 Å². The van der Waals surface area contributed by atoms with E-state index in [0.717, 1.165) is 8.01 Å². The van der Waals surface area contributed by atoms with E-state index in [2.05, 4.69) is 0 Å². The van der Waals surface area contributed by atoms with Gasteiger partial charge >= 0.3 is 0 Å². The maximum atomic E-state index is 12.8. The second kappa shape index (κ2) is 5.56. The third-order valence-electron chi connectivity index (χ3n) is 4.45. The quantitative estimate of drug-likeness (QED) is 0.296. The number of carbonyl (C=O) groups excluding carboxylic acids is 5. The molecular formula is C18H9IN2O5. The fourth-order valence-electron chi connectivity index (χ4n) is 3.02. The number of amides is 4. The molecule has 8 heteroatoms. The van der Waals surface area contributed by atoms with E-state index < -0.39 is 29.4 Å². The van der Waals surface area contributed by atoms with E-state index in [1.807, 2.05) is 0 Å². The molecule has 2 heterocycles. The molecule has 2 aromatic rings. The first kappa shape index (κ1) is 16.6. The number of imide groups is 2. The smallest absolute Gasteiger partial charge is 0.270 e. The number of halogens is 1. The van der Waals surface area contributed by atoms with Gasteiger partial charge in [-0.25, -0.2) is 3.11 Å². The molecule has 4 amide bonds. The van der Waals surface area contributed by atoms with Gasteiger partial charge < -0.3 is 0 Å². The van der Waals surface area contributed by atoms with E-state index in [0.29, 0.717) is 0 Å². The molecule has 0 saturated heterocycles. The summed E-state index contributed by atoms with van der Waals surface area (Å²) in [6.45, 7) is 0.